The van der Waals surface area contributed by atoms with Crippen molar-refractivity contribution in [2.24, 2.45) is 11.7 Å². The maximum atomic E-state index is 14.7. The highest BCUT2D eigenvalue weighted by molar-refractivity contribution is 6.50. The van der Waals surface area contributed by atoms with Crippen LogP contribution in [-0.4, -0.2) is 75.3 Å². The quantitative estimate of drug-likeness (QED) is 0.556. The molecule has 9 nitrogen and oxygen atoms in total. The summed E-state index contributed by atoms with van der Waals surface area (Å²) in [7, 11) is 1.29. The minimum absolute atomic E-state index is 0.0294. The number of amides is 3. The van der Waals surface area contributed by atoms with Gasteiger partial charge in [-0.05, 0) is 25.0 Å². The number of halogens is 3. The molecule has 1 unspecified atom stereocenters. The molecule has 0 spiro atoms. The molecular formula is C21H24Cl2FN5O4. The summed E-state index contributed by atoms with van der Waals surface area (Å²) in [6, 6.07) is 4.10. The van der Waals surface area contributed by atoms with E-state index in [2.05, 4.69) is 10.4 Å². The van der Waals surface area contributed by atoms with Crippen LogP contribution in [0.4, 0.5) is 4.39 Å². The second kappa shape index (κ2) is 8.73. The largest absolute Gasteiger partial charge is 0.376 e. The molecule has 33 heavy (non-hydrogen) atoms. The van der Waals surface area contributed by atoms with Crippen LogP contribution >= 0.6 is 23.2 Å². The fourth-order valence-electron chi connectivity index (χ4n) is 4.23. The van der Waals surface area contributed by atoms with Crippen LogP contribution in [0.2, 0.25) is 0 Å². The van der Waals surface area contributed by atoms with Gasteiger partial charge >= 0.3 is 0 Å². The van der Waals surface area contributed by atoms with Gasteiger partial charge in [0.25, 0.3) is 5.91 Å². The van der Waals surface area contributed by atoms with E-state index in [1.807, 2.05) is 6.92 Å². The fourth-order valence-corrected chi connectivity index (χ4v) is 4.76. The smallest absolute Gasteiger partial charge is 0.269 e. The number of nitrogens with zero attached hydrogens (tertiary/aromatic N) is 3. The predicted octanol–water partition coefficient (Wildman–Crippen LogP) is 1.32. The molecule has 4 atom stereocenters. The van der Waals surface area contributed by atoms with Crippen molar-refractivity contribution >= 4 is 51.8 Å². The number of hydrogen-bond acceptors (Lipinski definition) is 5. The summed E-state index contributed by atoms with van der Waals surface area (Å²) in [5.74, 6) is -1.94. The Morgan fingerprint density at radius 3 is 2.67 bits per heavy atom. The average Bonchev–Trinajstić information content (AvgIpc) is 3.06. The van der Waals surface area contributed by atoms with Gasteiger partial charge in [-0.25, -0.2) is 4.39 Å². The molecule has 2 fully saturated rings. The molecule has 1 aromatic carbocycles. The first kappa shape index (κ1) is 23.7. The van der Waals surface area contributed by atoms with E-state index in [1.165, 1.54) is 11.8 Å². The fraction of sp³-hybridized carbons (Fsp3) is 0.524. The summed E-state index contributed by atoms with van der Waals surface area (Å²) >= 11 is 12.0. The third kappa shape index (κ3) is 4.51. The lowest BCUT2D eigenvalue weighted by Crippen LogP contribution is -2.52. The number of nitrogens with two attached hydrogens (primary N) is 1. The van der Waals surface area contributed by atoms with Crippen molar-refractivity contribution in [2.75, 3.05) is 20.2 Å². The summed E-state index contributed by atoms with van der Waals surface area (Å²) in [5.41, 5.74) is 6.89. The van der Waals surface area contributed by atoms with Crippen molar-refractivity contribution < 1.29 is 23.5 Å². The average molecular weight is 500 g/mol. The van der Waals surface area contributed by atoms with Gasteiger partial charge < -0.3 is 20.7 Å². The van der Waals surface area contributed by atoms with Crippen molar-refractivity contribution in [3.8, 4) is 0 Å². The molecule has 3 amide bonds. The molecule has 1 saturated heterocycles. The standard InChI is InChI=1S/C21H24Cl2FN5O4/c1-10-3-4-12-14(5-10)29(27-16(12)19(25)31)9-15(30)28-8-13(24)18(33-2)17(28)20(32)26-7-11-6-21(11,22)23/h3-5,11,13,17-18H,6-9H2,1-2H3,(H2,25,31)(H,26,32)/t11?,13-,17-,18+/m0/s1. The van der Waals surface area contributed by atoms with E-state index in [0.29, 0.717) is 17.3 Å². The van der Waals surface area contributed by atoms with Crippen molar-refractivity contribution in [3.05, 3.63) is 29.5 Å². The Balaban J connectivity index is 1.56. The maximum absolute atomic E-state index is 14.7. The Kier molecular flexibility index (Phi) is 6.28. The first-order valence-corrected chi connectivity index (χ1v) is 11.2. The number of carbonyl (C=O) groups excluding carboxylic acids is 3. The molecule has 1 aromatic heterocycles. The number of alkyl halides is 3. The van der Waals surface area contributed by atoms with Crippen molar-refractivity contribution in [1.82, 2.24) is 20.0 Å². The van der Waals surface area contributed by atoms with Gasteiger partial charge in [-0.3, -0.25) is 19.1 Å². The second-order valence-corrected chi connectivity index (χ2v) is 10.0. The number of rotatable bonds is 7. The molecule has 2 heterocycles. The van der Waals surface area contributed by atoms with Crippen LogP contribution in [0, 0.1) is 12.8 Å². The molecule has 0 bridgehead atoms. The van der Waals surface area contributed by atoms with Crippen LogP contribution in [-0.2, 0) is 20.9 Å². The van der Waals surface area contributed by atoms with E-state index < -0.39 is 40.4 Å². The van der Waals surface area contributed by atoms with Crippen LogP contribution in [0.3, 0.4) is 0 Å². The normalized spacial score (nSPS) is 25.9. The Labute approximate surface area is 199 Å². The van der Waals surface area contributed by atoms with Gasteiger partial charge in [0.1, 0.15) is 29.2 Å². The Morgan fingerprint density at radius 2 is 2.06 bits per heavy atom. The lowest BCUT2D eigenvalue weighted by molar-refractivity contribution is -0.141. The summed E-state index contributed by atoms with van der Waals surface area (Å²) in [6.07, 6.45) is -2.13. The molecule has 0 radical (unpaired) electrons. The van der Waals surface area contributed by atoms with Gasteiger partial charge in [-0.1, -0.05) is 12.1 Å². The van der Waals surface area contributed by atoms with E-state index in [-0.39, 0.29) is 31.2 Å². The van der Waals surface area contributed by atoms with Crippen molar-refractivity contribution in [1.29, 1.82) is 0 Å². The molecular weight excluding hydrogens is 476 g/mol. The number of fused-ring (bicyclic) bond motifs is 1. The number of primary amides is 1. The molecule has 1 aliphatic carbocycles. The van der Waals surface area contributed by atoms with Gasteiger partial charge in [-0.15, -0.1) is 23.2 Å². The van der Waals surface area contributed by atoms with Crippen molar-refractivity contribution in [3.63, 3.8) is 0 Å². The van der Waals surface area contributed by atoms with Crippen LogP contribution < -0.4 is 11.1 Å². The summed E-state index contributed by atoms with van der Waals surface area (Å²) in [6.45, 7) is 1.45. The first-order valence-electron chi connectivity index (χ1n) is 10.4. The topological polar surface area (TPSA) is 120 Å². The van der Waals surface area contributed by atoms with Crippen LogP contribution in [0.15, 0.2) is 18.2 Å². The minimum atomic E-state index is -1.55. The zero-order valence-corrected chi connectivity index (χ0v) is 19.6. The van der Waals surface area contributed by atoms with E-state index in [0.717, 1.165) is 10.5 Å². The SMILES string of the molecule is CO[C@H]1[C@@H](C(=O)NCC2CC2(Cl)Cl)N(C(=O)Cn2nc(C(N)=O)c3ccc(C)cc32)C[C@@H]1F. The number of likely N-dealkylation sites (tertiary alicyclic amines) is 1. The number of aryl methyl sites for hydroxylation is 1. The molecule has 4 rings (SSSR count). The summed E-state index contributed by atoms with van der Waals surface area (Å²) in [4.78, 5) is 39.1. The zero-order chi connectivity index (χ0) is 24.1. The van der Waals surface area contributed by atoms with Gasteiger partial charge in [0.05, 0.1) is 12.1 Å². The van der Waals surface area contributed by atoms with E-state index in [1.54, 1.807) is 18.2 Å². The monoisotopic (exact) mass is 499 g/mol. The highest BCUT2D eigenvalue weighted by Crippen LogP contribution is 2.52. The molecule has 3 N–H and O–H groups in total. The van der Waals surface area contributed by atoms with E-state index >= 15 is 0 Å². The zero-order valence-electron chi connectivity index (χ0n) is 18.1. The van der Waals surface area contributed by atoms with Gasteiger partial charge in [0, 0.05) is 25.0 Å². The van der Waals surface area contributed by atoms with Gasteiger partial charge in [0.2, 0.25) is 11.8 Å². The first-order chi connectivity index (χ1) is 15.5. The summed E-state index contributed by atoms with van der Waals surface area (Å²) < 4.78 is 20.3. The second-order valence-electron chi connectivity index (χ2n) is 8.51. The lowest BCUT2D eigenvalue weighted by Gasteiger charge is -2.26. The number of aromatic nitrogens is 2. The molecule has 1 saturated carbocycles. The van der Waals surface area contributed by atoms with Gasteiger partial charge in [0.15, 0.2) is 5.69 Å². The van der Waals surface area contributed by atoms with Crippen molar-refractivity contribution in [2.45, 2.75) is 42.5 Å². The van der Waals surface area contributed by atoms with E-state index in [4.69, 9.17) is 33.7 Å². The van der Waals surface area contributed by atoms with Crippen LogP contribution in [0.1, 0.15) is 22.5 Å². The summed E-state index contributed by atoms with van der Waals surface area (Å²) in [5, 5.41) is 7.40. The molecule has 12 heteroatoms. The highest BCUT2D eigenvalue weighted by Gasteiger charge is 2.53. The van der Waals surface area contributed by atoms with Crippen LogP contribution in [0.5, 0.6) is 0 Å². The molecule has 178 valence electrons. The Bertz CT molecular complexity index is 1120. The number of hydrogen-bond donors (Lipinski definition) is 2. The highest BCUT2D eigenvalue weighted by atomic mass is 35.5. The number of benzene rings is 1. The Hall–Kier alpha value is -2.43. The molecule has 1 aliphatic heterocycles. The lowest BCUT2D eigenvalue weighted by atomic mass is 10.1. The predicted molar refractivity (Wildman–Crippen MR) is 120 cm³/mol. The maximum Gasteiger partial charge on any atom is 0.269 e. The minimum Gasteiger partial charge on any atom is -0.376 e. The molecule has 2 aliphatic rings. The third-order valence-electron chi connectivity index (χ3n) is 6.14. The van der Waals surface area contributed by atoms with Crippen LogP contribution in [0.25, 0.3) is 10.9 Å². The number of ether oxygens (including phenoxy) is 1. The number of nitrogens with one attached hydrogen (secondary N) is 1. The van der Waals surface area contributed by atoms with E-state index in [9.17, 15) is 18.8 Å². The Morgan fingerprint density at radius 1 is 1.36 bits per heavy atom. The number of carbonyl (C=O) groups is 3. The third-order valence-corrected chi connectivity index (χ3v) is 7.07. The number of methoxy groups -OCH3 is 1. The van der Waals surface area contributed by atoms with Gasteiger partial charge in [-0.2, -0.15) is 5.10 Å². The molecule has 2 aromatic rings.